The number of carbonyl (C=O) groups excluding carboxylic acids is 2. The van der Waals surface area contributed by atoms with Crippen LogP contribution in [0.15, 0.2) is 29.2 Å². The maximum absolute atomic E-state index is 13.0. The van der Waals surface area contributed by atoms with Crippen molar-refractivity contribution in [2.75, 3.05) is 19.7 Å². The van der Waals surface area contributed by atoms with Gasteiger partial charge in [-0.3, -0.25) is 9.59 Å². The molecule has 1 aromatic rings. The van der Waals surface area contributed by atoms with Gasteiger partial charge in [0.2, 0.25) is 10.0 Å². The molecule has 10 heteroatoms. The summed E-state index contributed by atoms with van der Waals surface area (Å²) in [4.78, 5) is 23.6. The molecule has 0 spiro atoms. The SMILES string of the molecule is N#CCCNC(=O)COC(=O)[C@@H]1CCCN1S(=O)(=O)c1ccc(F)cc1. The summed E-state index contributed by atoms with van der Waals surface area (Å²) in [6.45, 7) is -0.277. The normalized spacial score (nSPS) is 17.5. The molecule has 0 unspecified atom stereocenters. The van der Waals surface area contributed by atoms with E-state index in [4.69, 9.17) is 10.00 Å². The molecule has 1 aliphatic rings. The van der Waals surface area contributed by atoms with Crippen molar-refractivity contribution in [3.05, 3.63) is 30.1 Å². The number of hydrogen-bond acceptors (Lipinski definition) is 6. The summed E-state index contributed by atoms with van der Waals surface area (Å²) in [6, 6.07) is 5.15. The van der Waals surface area contributed by atoms with Crippen LogP contribution in [0.1, 0.15) is 19.3 Å². The summed E-state index contributed by atoms with van der Waals surface area (Å²) in [5.41, 5.74) is 0. The predicted molar refractivity (Wildman–Crippen MR) is 87.5 cm³/mol. The van der Waals surface area contributed by atoms with Crippen LogP contribution in [0.4, 0.5) is 4.39 Å². The van der Waals surface area contributed by atoms with Gasteiger partial charge in [0.1, 0.15) is 11.9 Å². The quantitative estimate of drug-likeness (QED) is 0.543. The summed E-state index contributed by atoms with van der Waals surface area (Å²) in [6.07, 6.45) is 0.871. The molecule has 1 atom stereocenters. The van der Waals surface area contributed by atoms with Gasteiger partial charge in [0.15, 0.2) is 6.61 Å². The Kier molecular flexibility index (Phi) is 6.65. The molecule has 26 heavy (non-hydrogen) atoms. The van der Waals surface area contributed by atoms with Crippen molar-refractivity contribution in [3.8, 4) is 6.07 Å². The van der Waals surface area contributed by atoms with Gasteiger partial charge < -0.3 is 10.1 Å². The zero-order valence-corrected chi connectivity index (χ0v) is 14.7. The lowest BCUT2D eigenvalue weighted by Crippen LogP contribution is -2.42. The molecular weight excluding hydrogens is 365 g/mol. The summed E-state index contributed by atoms with van der Waals surface area (Å²) in [5.74, 6) is -1.95. The fourth-order valence-corrected chi connectivity index (χ4v) is 4.19. The summed E-state index contributed by atoms with van der Waals surface area (Å²) in [5, 5.41) is 10.8. The maximum atomic E-state index is 13.0. The second-order valence-corrected chi connectivity index (χ2v) is 7.48. The highest BCUT2D eigenvalue weighted by atomic mass is 32.2. The Hall–Kier alpha value is -2.51. The maximum Gasteiger partial charge on any atom is 0.324 e. The first-order valence-corrected chi connectivity index (χ1v) is 9.38. The van der Waals surface area contributed by atoms with Gasteiger partial charge in [0.25, 0.3) is 5.91 Å². The Morgan fingerprint density at radius 2 is 2.04 bits per heavy atom. The summed E-state index contributed by atoms with van der Waals surface area (Å²) in [7, 11) is -3.98. The monoisotopic (exact) mass is 383 g/mol. The number of nitrogens with one attached hydrogen (secondary N) is 1. The highest BCUT2D eigenvalue weighted by Crippen LogP contribution is 2.27. The zero-order chi connectivity index (χ0) is 19.2. The third-order valence-electron chi connectivity index (χ3n) is 3.80. The van der Waals surface area contributed by atoms with Gasteiger partial charge in [-0.15, -0.1) is 0 Å². The van der Waals surface area contributed by atoms with Crippen molar-refractivity contribution in [1.82, 2.24) is 9.62 Å². The van der Waals surface area contributed by atoms with Crippen LogP contribution >= 0.6 is 0 Å². The number of nitriles is 1. The Labute approximate surface area is 150 Å². The van der Waals surface area contributed by atoms with Crippen molar-refractivity contribution in [2.45, 2.75) is 30.2 Å². The molecule has 8 nitrogen and oxygen atoms in total. The van der Waals surface area contributed by atoms with E-state index in [1.807, 2.05) is 6.07 Å². The fourth-order valence-electron chi connectivity index (χ4n) is 2.55. The van der Waals surface area contributed by atoms with Crippen LogP contribution in [0.5, 0.6) is 0 Å². The Balaban J connectivity index is 2.00. The van der Waals surface area contributed by atoms with E-state index < -0.39 is 40.4 Å². The summed E-state index contributed by atoms with van der Waals surface area (Å²) >= 11 is 0. The minimum atomic E-state index is -3.98. The number of nitrogens with zero attached hydrogens (tertiary/aromatic N) is 2. The molecule has 0 radical (unpaired) electrons. The Bertz CT molecular complexity index is 804. The fraction of sp³-hybridized carbons (Fsp3) is 0.438. The highest BCUT2D eigenvalue weighted by molar-refractivity contribution is 7.89. The predicted octanol–water partition coefficient (Wildman–Crippen LogP) is 0.552. The van der Waals surface area contributed by atoms with Crippen molar-refractivity contribution in [2.24, 2.45) is 0 Å². The van der Waals surface area contributed by atoms with Crippen LogP contribution in [0, 0.1) is 17.1 Å². The third kappa shape index (κ3) is 4.77. The van der Waals surface area contributed by atoms with E-state index in [1.54, 1.807) is 0 Å². The van der Waals surface area contributed by atoms with E-state index in [2.05, 4.69) is 5.32 Å². The highest BCUT2D eigenvalue weighted by Gasteiger charge is 2.40. The van der Waals surface area contributed by atoms with Crippen molar-refractivity contribution in [1.29, 1.82) is 5.26 Å². The number of ether oxygens (including phenoxy) is 1. The van der Waals surface area contributed by atoms with E-state index in [1.165, 1.54) is 0 Å². The molecule has 2 rings (SSSR count). The first-order valence-electron chi connectivity index (χ1n) is 7.94. The molecule has 1 N–H and O–H groups in total. The lowest BCUT2D eigenvalue weighted by atomic mass is 10.2. The van der Waals surface area contributed by atoms with Crippen molar-refractivity contribution >= 4 is 21.9 Å². The van der Waals surface area contributed by atoms with Crippen LogP contribution in [-0.4, -0.2) is 50.3 Å². The van der Waals surface area contributed by atoms with Crippen LogP contribution in [-0.2, 0) is 24.3 Å². The van der Waals surface area contributed by atoms with Crippen LogP contribution < -0.4 is 5.32 Å². The number of sulfonamides is 1. The number of halogens is 1. The smallest absolute Gasteiger partial charge is 0.324 e. The lowest BCUT2D eigenvalue weighted by molar-refractivity contribution is -0.151. The molecule has 1 heterocycles. The summed E-state index contributed by atoms with van der Waals surface area (Å²) < 4.78 is 44.2. The van der Waals surface area contributed by atoms with Gasteiger partial charge in [0, 0.05) is 13.1 Å². The molecule has 1 amide bonds. The Morgan fingerprint density at radius 1 is 1.35 bits per heavy atom. The minimum Gasteiger partial charge on any atom is -0.454 e. The molecule has 0 aromatic heterocycles. The van der Waals surface area contributed by atoms with Crippen LogP contribution in [0.2, 0.25) is 0 Å². The lowest BCUT2D eigenvalue weighted by Gasteiger charge is -2.22. The van der Waals surface area contributed by atoms with Gasteiger partial charge in [-0.2, -0.15) is 9.57 Å². The number of amides is 1. The van der Waals surface area contributed by atoms with Crippen molar-refractivity contribution < 1.29 is 27.1 Å². The average molecular weight is 383 g/mol. The zero-order valence-electron chi connectivity index (χ0n) is 13.9. The standard InChI is InChI=1S/C16H18FN3O5S/c17-12-4-6-13(7-5-12)26(23,24)20-10-1-3-14(20)16(22)25-11-15(21)19-9-2-8-18/h4-7,14H,1-3,9-11H2,(H,19,21)/t14-/m0/s1. The molecule has 0 aliphatic carbocycles. The topological polar surface area (TPSA) is 117 Å². The van der Waals surface area contributed by atoms with Gasteiger partial charge >= 0.3 is 5.97 Å². The average Bonchev–Trinajstić information content (AvgIpc) is 3.11. The molecule has 1 saturated heterocycles. The van der Waals surface area contributed by atoms with Gasteiger partial charge in [-0.1, -0.05) is 0 Å². The molecule has 1 aromatic carbocycles. The number of hydrogen-bond donors (Lipinski definition) is 1. The molecule has 1 fully saturated rings. The molecule has 0 bridgehead atoms. The molecule has 140 valence electrons. The van der Waals surface area contributed by atoms with E-state index in [0.29, 0.717) is 6.42 Å². The third-order valence-corrected chi connectivity index (χ3v) is 5.72. The molecule has 1 aliphatic heterocycles. The van der Waals surface area contributed by atoms with Gasteiger partial charge in [-0.05, 0) is 37.1 Å². The minimum absolute atomic E-state index is 0.118. The number of esters is 1. The number of rotatable bonds is 7. The van der Waals surface area contributed by atoms with Crippen molar-refractivity contribution in [3.63, 3.8) is 0 Å². The number of carbonyl (C=O) groups is 2. The second-order valence-electron chi connectivity index (χ2n) is 5.59. The van der Waals surface area contributed by atoms with Crippen LogP contribution in [0.25, 0.3) is 0 Å². The van der Waals surface area contributed by atoms with E-state index in [9.17, 15) is 22.4 Å². The second kappa shape index (κ2) is 8.73. The first-order chi connectivity index (χ1) is 12.4. The largest absolute Gasteiger partial charge is 0.454 e. The van der Waals surface area contributed by atoms with E-state index in [0.717, 1.165) is 28.6 Å². The first kappa shape index (κ1) is 19.8. The Morgan fingerprint density at radius 3 is 2.69 bits per heavy atom. The number of benzene rings is 1. The van der Waals surface area contributed by atoms with Gasteiger partial charge in [-0.25, -0.2) is 12.8 Å². The van der Waals surface area contributed by atoms with E-state index >= 15 is 0 Å². The molecular formula is C16H18FN3O5S. The van der Waals surface area contributed by atoms with Crippen LogP contribution in [0.3, 0.4) is 0 Å². The molecule has 0 saturated carbocycles. The van der Waals surface area contributed by atoms with E-state index in [-0.39, 0.29) is 30.8 Å². The van der Waals surface area contributed by atoms with Gasteiger partial charge in [0.05, 0.1) is 17.4 Å².